The van der Waals surface area contributed by atoms with Crippen LogP contribution in [0.15, 0.2) is 91.0 Å². The monoisotopic (exact) mass is 392 g/mol. The van der Waals surface area contributed by atoms with Crippen molar-refractivity contribution in [1.82, 2.24) is 0 Å². The van der Waals surface area contributed by atoms with Gasteiger partial charge in [0.1, 0.15) is 23.9 Å². The van der Waals surface area contributed by atoms with Crippen LogP contribution in [0.3, 0.4) is 0 Å². The summed E-state index contributed by atoms with van der Waals surface area (Å²) in [5.74, 6) is 0. The van der Waals surface area contributed by atoms with Crippen LogP contribution in [-0.2, 0) is 15.1 Å². The average Bonchev–Trinajstić information content (AvgIpc) is 3.07. The van der Waals surface area contributed by atoms with Gasteiger partial charge in [0.25, 0.3) is 0 Å². The van der Waals surface area contributed by atoms with Crippen LogP contribution in [0, 0.1) is 0 Å². The summed E-state index contributed by atoms with van der Waals surface area (Å²) >= 11 is 0. The lowest BCUT2D eigenvalue weighted by molar-refractivity contribution is -0.210. The number of aliphatic hydroxyl groups excluding tert-OH is 3. The lowest BCUT2D eigenvalue weighted by atomic mass is 9.80. The first-order valence-electron chi connectivity index (χ1n) is 9.63. The Morgan fingerprint density at radius 3 is 1.45 bits per heavy atom. The summed E-state index contributed by atoms with van der Waals surface area (Å²) in [4.78, 5) is 0. The first-order valence-corrected chi connectivity index (χ1v) is 9.63. The fraction of sp³-hybridized carbons (Fsp3) is 0.250. The second-order valence-corrected chi connectivity index (χ2v) is 7.10. The molecule has 3 aromatic carbocycles. The van der Waals surface area contributed by atoms with Crippen molar-refractivity contribution in [1.29, 1.82) is 0 Å². The normalized spacial score (nSPS) is 24.5. The van der Waals surface area contributed by atoms with E-state index in [1.807, 2.05) is 91.0 Å². The van der Waals surface area contributed by atoms with E-state index in [0.717, 1.165) is 16.7 Å². The molecule has 29 heavy (non-hydrogen) atoms. The number of rotatable bonds is 6. The molecule has 0 radical (unpaired) electrons. The van der Waals surface area contributed by atoms with Crippen molar-refractivity contribution < 1.29 is 24.8 Å². The van der Waals surface area contributed by atoms with E-state index in [-0.39, 0.29) is 0 Å². The molecule has 150 valence electrons. The van der Waals surface area contributed by atoms with Gasteiger partial charge in [0, 0.05) is 0 Å². The molecule has 1 aliphatic heterocycles. The van der Waals surface area contributed by atoms with E-state index in [1.54, 1.807) is 0 Å². The molecule has 0 unspecified atom stereocenters. The summed E-state index contributed by atoms with van der Waals surface area (Å²) in [6.07, 6.45) is -4.55. The Balaban J connectivity index is 1.89. The van der Waals surface area contributed by atoms with Gasteiger partial charge in [-0.3, -0.25) is 0 Å². The van der Waals surface area contributed by atoms with Crippen LogP contribution in [0.5, 0.6) is 0 Å². The van der Waals surface area contributed by atoms with E-state index in [2.05, 4.69) is 0 Å². The van der Waals surface area contributed by atoms with Gasteiger partial charge in [0.05, 0.1) is 6.61 Å². The van der Waals surface area contributed by atoms with Crippen LogP contribution >= 0.6 is 0 Å². The third kappa shape index (κ3) is 3.59. The van der Waals surface area contributed by atoms with Gasteiger partial charge in [-0.05, 0) is 16.7 Å². The Morgan fingerprint density at radius 1 is 0.690 bits per heavy atom. The molecule has 5 nitrogen and oxygen atoms in total. The predicted molar refractivity (Wildman–Crippen MR) is 108 cm³/mol. The quantitative estimate of drug-likeness (QED) is 0.562. The maximum absolute atomic E-state index is 10.6. The second kappa shape index (κ2) is 8.45. The van der Waals surface area contributed by atoms with Crippen LogP contribution in [0.1, 0.15) is 16.7 Å². The average molecular weight is 392 g/mol. The number of hydrogen-bond donors (Lipinski definition) is 3. The van der Waals surface area contributed by atoms with E-state index >= 15 is 0 Å². The van der Waals surface area contributed by atoms with Crippen molar-refractivity contribution in [2.24, 2.45) is 0 Å². The van der Waals surface area contributed by atoms with Crippen LogP contribution in [-0.4, -0.2) is 46.5 Å². The van der Waals surface area contributed by atoms with Crippen molar-refractivity contribution in [3.63, 3.8) is 0 Å². The minimum atomic E-state index is -1.29. The molecule has 0 spiro atoms. The molecule has 1 aliphatic rings. The van der Waals surface area contributed by atoms with Crippen molar-refractivity contribution in [2.45, 2.75) is 30.2 Å². The fourth-order valence-corrected chi connectivity index (χ4v) is 3.86. The third-order valence-corrected chi connectivity index (χ3v) is 5.33. The Labute approximate surface area is 169 Å². The van der Waals surface area contributed by atoms with E-state index in [1.165, 1.54) is 0 Å². The highest BCUT2D eigenvalue weighted by atomic mass is 16.7. The largest absolute Gasteiger partial charge is 0.394 e. The van der Waals surface area contributed by atoms with Gasteiger partial charge in [0.15, 0.2) is 6.29 Å². The maximum atomic E-state index is 10.6. The summed E-state index contributed by atoms with van der Waals surface area (Å²) < 4.78 is 12.2. The topological polar surface area (TPSA) is 79.2 Å². The number of hydrogen-bond acceptors (Lipinski definition) is 5. The van der Waals surface area contributed by atoms with Gasteiger partial charge in [-0.1, -0.05) is 91.0 Å². The summed E-state index contributed by atoms with van der Waals surface area (Å²) in [6, 6.07) is 29.1. The standard InChI is InChI=1S/C24H24O5/c25-16-20-21(26)22(27)23(28-20)29-24(17-10-4-1-5-11-17,18-12-6-2-7-13-18)19-14-8-3-9-15-19/h1-15,20-23,25-27H,16H2/t20-,21-,22-,23-/m1/s1. The van der Waals surface area contributed by atoms with Gasteiger partial charge in [-0.15, -0.1) is 0 Å². The van der Waals surface area contributed by atoms with E-state index in [4.69, 9.17) is 9.47 Å². The highest BCUT2D eigenvalue weighted by Gasteiger charge is 2.49. The van der Waals surface area contributed by atoms with Crippen LogP contribution in [0.2, 0.25) is 0 Å². The molecular formula is C24H24O5. The zero-order chi connectivity index (χ0) is 20.3. The van der Waals surface area contributed by atoms with Gasteiger partial charge >= 0.3 is 0 Å². The molecule has 1 fully saturated rings. The van der Waals surface area contributed by atoms with Gasteiger partial charge in [-0.25, -0.2) is 0 Å². The summed E-state index contributed by atoms with van der Waals surface area (Å²) in [6.45, 7) is -0.410. The SMILES string of the molecule is OC[C@H]1O[C@H](OC(c2ccccc2)(c2ccccc2)c2ccccc2)[C@H](O)[C@@H]1O. The molecule has 4 rings (SSSR count). The molecular weight excluding hydrogens is 368 g/mol. The second-order valence-electron chi connectivity index (χ2n) is 7.10. The van der Waals surface area contributed by atoms with E-state index < -0.39 is 36.8 Å². The lowest BCUT2D eigenvalue weighted by Crippen LogP contribution is -2.42. The van der Waals surface area contributed by atoms with Crippen LogP contribution in [0.25, 0.3) is 0 Å². The maximum Gasteiger partial charge on any atom is 0.188 e. The zero-order valence-electron chi connectivity index (χ0n) is 15.8. The Morgan fingerprint density at radius 2 is 1.10 bits per heavy atom. The fourth-order valence-electron chi connectivity index (χ4n) is 3.86. The highest BCUT2D eigenvalue weighted by Crippen LogP contribution is 2.43. The highest BCUT2D eigenvalue weighted by molar-refractivity contribution is 5.47. The molecule has 3 aromatic rings. The Hall–Kier alpha value is -2.54. The molecule has 0 saturated carbocycles. The molecule has 0 amide bonds. The molecule has 0 aromatic heterocycles. The number of aliphatic hydroxyl groups is 3. The zero-order valence-corrected chi connectivity index (χ0v) is 15.8. The summed E-state index contributed by atoms with van der Waals surface area (Å²) in [7, 11) is 0. The number of benzene rings is 3. The van der Waals surface area contributed by atoms with E-state index in [0.29, 0.717) is 0 Å². The molecule has 1 saturated heterocycles. The first-order chi connectivity index (χ1) is 14.2. The van der Waals surface area contributed by atoms with Gasteiger partial charge < -0.3 is 24.8 Å². The minimum absolute atomic E-state index is 0.410. The first kappa shape index (κ1) is 19.8. The molecule has 1 heterocycles. The Kier molecular flexibility index (Phi) is 5.76. The number of ether oxygens (including phenoxy) is 2. The van der Waals surface area contributed by atoms with Gasteiger partial charge in [0.2, 0.25) is 0 Å². The molecule has 0 bridgehead atoms. The van der Waals surface area contributed by atoms with E-state index in [9.17, 15) is 15.3 Å². The molecule has 0 aliphatic carbocycles. The Bertz CT molecular complexity index is 804. The smallest absolute Gasteiger partial charge is 0.188 e. The summed E-state index contributed by atoms with van der Waals surface area (Å²) in [5, 5.41) is 30.2. The van der Waals surface area contributed by atoms with Crippen molar-refractivity contribution in [3.05, 3.63) is 108 Å². The lowest BCUT2D eigenvalue weighted by Gasteiger charge is -2.38. The third-order valence-electron chi connectivity index (χ3n) is 5.33. The van der Waals surface area contributed by atoms with Crippen molar-refractivity contribution in [3.8, 4) is 0 Å². The molecule has 3 N–H and O–H groups in total. The molecule has 5 heteroatoms. The predicted octanol–water partition coefficient (Wildman–Crippen LogP) is 2.43. The van der Waals surface area contributed by atoms with Crippen LogP contribution in [0.4, 0.5) is 0 Å². The van der Waals surface area contributed by atoms with Crippen LogP contribution < -0.4 is 0 Å². The molecule has 4 atom stereocenters. The van der Waals surface area contributed by atoms with Crippen molar-refractivity contribution >= 4 is 0 Å². The van der Waals surface area contributed by atoms with Gasteiger partial charge in [-0.2, -0.15) is 0 Å². The van der Waals surface area contributed by atoms with Crippen molar-refractivity contribution in [2.75, 3.05) is 6.61 Å². The minimum Gasteiger partial charge on any atom is -0.394 e. The summed E-state index contributed by atoms with van der Waals surface area (Å²) in [5.41, 5.74) is 1.49.